The number of thioether (sulfide) groups is 1. The maximum absolute atomic E-state index is 12.6. The van der Waals surface area contributed by atoms with Crippen LogP contribution in [-0.4, -0.2) is 63.7 Å². The lowest BCUT2D eigenvalue weighted by molar-refractivity contribution is -0.195. The highest BCUT2D eigenvalue weighted by Gasteiger charge is 2.50. The normalized spacial score (nSPS) is 26.8. The first-order chi connectivity index (χ1) is 11.7. The molecule has 0 radical (unpaired) electrons. The molecule has 0 saturated carbocycles. The van der Waals surface area contributed by atoms with Crippen LogP contribution in [0.3, 0.4) is 0 Å². The van der Waals surface area contributed by atoms with E-state index in [0.29, 0.717) is 31.5 Å². The Balaban J connectivity index is 1.31. The lowest BCUT2D eigenvalue weighted by Crippen LogP contribution is -2.68. The van der Waals surface area contributed by atoms with Gasteiger partial charge in [0.1, 0.15) is 11.7 Å². The van der Waals surface area contributed by atoms with Gasteiger partial charge in [-0.25, -0.2) is 4.98 Å². The van der Waals surface area contributed by atoms with Crippen LogP contribution in [0.4, 0.5) is 0 Å². The highest BCUT2D eigenvalue weighted by molar-refractivity contribution is 7.99. The summed E-state index contributed by atoms with van der Waals surface area (Å²) >= 11 is 1.95. The minimum Gasteiger partial charge on any atom is -0.473 e. The smallest absolute Gasteiger partial charge is 0.232 e. The van der Waals surface area contributed by atoms with E-state index in [1.807, 2.05) is 16.7 Å². The Kier molecular flexibility index (Phi) is 4.63. The van der Waals surface area contributed by atoms with Gasteiger partial charge in [-0.1, -0.05) is 0 Å². The zero-order valence-electron chi connectivity index (χ0n) is 13.7. The Morgan fingerprint density at radius 3 is 2.88 bits per heavy atom. The molecule has 1 amide bonds. The topological polar surface area (TPSA) is 64.6 Å². The molecule has 1 spiro atoms. The molecular formula is C17H23N3O3S. The van der Waals surface area contributed by atoms with Gasteiger partial charge in [-0.3, -0.25) is 9.78 Å². The molecule has 0 N–H and O–H groups in total. The SMILES string of the molecule is O=C(C1CCSCC1)N1CC2(C[C@H](Oc3cnccn3)CCO2)C1. The molecule has 1 aromatic rings. The fourth-order valence-corrected chi connectivity index (χ4v) is 4.94. The van der Waals surface area contributed by atoms with Crippen LogP contribution in [0.25, 0.3) is 0 Å². The van der Waals surface area contributed by atoms with Crippen LogP contribution in [0.1, 0.15) is 25.7 Å². The molecule has 130 valence electrons. The molecule has 4 heterocycles. The molecule has 3 aliphatic heterocycles. The Hall–Kier alpha value is -1.34. The molecular weight excluding hydrogens is 326 g/mol. The monoisotopic (exact) mass is 349 g/mol. The summed E-state index contributed by atoms with van der Waals surface area (Å²) in [5.41, 5.74) is -0.218. The van der Waals surface area contributed by atoms with E-state index in [9.17, 15) is 4.79 Å². The molecule has 4 rings (SSSR count). The zero-order valence-corrected chi connectivity index (χ0v) is 14.5. The summed E-state index contributed by atoms with van der Waals surface area (Å²) < 4.78 is 12.0. The van der Waals surface area contributed by atoms with Gasteiger partial charge >= 0.3 is 0 Å². The van der Waals surface area contributed by atoms with Crippen LogP contribution in [0.5, 0.6) is 5.88 Å². The fraction of sp³-hybridized carbons (Fsp3) is 0.706. The van der Waals surface area contributed by atoms with Crippen molar-refractivity contribution in [2.24, 2.45) is 5.92 Å². The van der Waals surface area contributed by atoms with E-state index in [2.05, 4.69) is 9.97 Å². The van der Waals surface area contributed by atoms with E-state index in [-0.39, 0.29) is 17.6 Å². The van der Waals surface area contributed by atoms with Crippen molar-refractivity contribution in [3.63, 3.8) is 0 Å². The van der Waals surface area contributed by atoms with Gasteiger partial charge in [-0.15, -0.1) is 0 Å². The molecule has 0 bridgehead atoms. The number of carbonyl (C=O) groups excluding carboxylic acids is 1. The minimum atomic E-state index is -0.218. The summed E-state index contributed by atoms with van der Waals surface area (Å²) in [5, 5.41) is 0. The lowest BCUT2D eigenvalue weighted by atomic mass is 9.83. The highest BCUT2D eigenvalue weighted by Crippen LogP contribution is 2.37. The van der Waals surface area contributed by atoms with Gasteiger partial charge in [-0.05, 0) is 24.3 Å². The number of hydrogen-bond donors (Lipinski definition) is 0. The molecule has 3 saturated heterocycles. The average molecular weight is 349 g/mol. The second-order valence-corrected chi connectivity index (χ2v) is 8.11. The minimum absolute atomic E-state index is 0.0822. The molecule has 0 aliphatic carbocycles. The number of nitrogens with zero attached hydrogens (tertiary/aromatic N) is 3. The van der Waals surface area contributed by atoms with Crippen LogP contribution in [-0.2, 0) is 9.53 Å². The number of hydrogen-bond acceptors (Lipinski definition) is 6. The van der Waals surface area contributed by atoms with E-state index >= 15 is 0 Å². The van der Waals surface area contributed by atoms with Crippen molar-refractivity contribution in [3.8, 4) is 5.88 Å². The van der Waals surface area contributed by atoms with Gasteiger partial charge in [0.05, 0.1) is 25.9 Å². The van der Waals surface area contributed by atoms with Crippen molar-refractivity contribution in [2.75, 3.05) is 31.2 Å². The van der Waals surface area contributed by atoms with E-state index in [1.165, 1.54) is 0 Å². The largest absolute Gasteiger partial charge is 0.473 e. The van der Waals surface area contributed by atoms with Gasteiger partial charge in [0, 0.05) is 31.2 Å². The first-order valence-electron chi connectivity index (χ1n) is 8.67. The average Bonchev–Trinajstić information content (AvgIpc) is 2.61. The number of amides is 1. The van der Waals surface area contributed by atoms with Crippen LogP contribution in [0.15, 0.2) is 18.6 Å². The van der Waals surface area contributed by atoms with E-state index in [0.717, 1.165) is 37.2 Å². The van der Waals surface area contributed by atoms with Crippen molar-refractivity contribution in [1.29, 1.82) is 0 Å². The van der Waals surface area contributed by atoms with Gasteiger partial charge in [0.25, 0.3) is 0 Å². The summed E-state index contributed by atoms with van der Waals surface area (Å²) in [6.07, 6.45) is 8.70. The first-order valence-corrected chi connectivity index (χ1v) is 9.83. The maximum Gasteiger partial charge on any atom is 0.232 e. The van der Waals surface area contributed by atoms with Crippen molar-refractivity contribution in [3.05, 3.63) is 18.6 Å². The highest BCUT2D eigenvalue weighted by atomic mass is 32.2. The second kappa shape index (κ2) is 6.88. The molecule has 0 aromatic carbocycles. The van der Waals surface area contributed by atoms with E-state index in [4.69, 9.17) is 9.47 Å². The van der Waals surface area contributed by atoms with Gasteiger partial charge in [0.2, 0.25) is 11.8 Å². The fourth-order valence-electron chi connectivity index (χ4n) is 3.83. The van der Waals surface area contributed by atoms with E-state index < -0.39 is 0 Å². The zero-order chi connectivity index (χ0) is 16.4. The summed E-state index contributed by atoms with van der Waals surface area (Å²) in [7, 11) is 0. The van der Waals surface area contributed by atoms with Crippen LogP contribution >= 0.6 is 11.8 Å². The summed E-state index contributed by atoms with van der Waals surface area (Å²) in [4.78, 5) is 22.8. The number of rotatable bonds is 3. The summed E-state index contributed by atoms with van der Waals surface area (Å²) in [6, 6.07) is 0. The van der Waals surface area contributed by atoms with E-state index in [1.54, 1.807) is 18.6 Å². The predicted octanol–water partition coefficient (Wildman–Crippen LogP) is 1.76. The van der Waals surface area contributed by atoms with Crippen molar-refractivity contribution in [1.82, 2.24) is 14.9 Å². The van der Waals surface area contributed by atoms with Crippen molar-refractivity contribution in [2.45, 2.75) is 37.4 Å². The first kappa shape index (κ1) is 16.1. The van der Waals surface area contributed by atoms with Gasteiger partial charge < -0.3 is 14.4 Å². The third kappa shape index (κ3) is 3.37. The third-order valence-electron chi connectivity index (χ3n) is 5.11. The Morgan fingerprint density at radius 2 is 2.12 bits per heavy atom. The third-order valence-corrected chi connectivity index (χ3v) is 6.16. The lowest BCUT2D eigenvalue weighted by Gasteiger charge is -2.53. The van der Waals surface area contributed by atoms with Crippen LogP contribution in [0, 0.1) is 5.92 Å². The molecule has 1 atom stereocenters. The number of ether oxygens (including phenoxy) is 2. The molecule has 3 fully saturated rings. The number of aromatic nitrogens is 2. The van der Waals surface area contributed by atoms with Crippen molar-refractivity contribution >= 4 is 17.7 Å². The molecule has 0 unspecified atom stereocenters. The molecule has 3 aliphatic rings. The molecule has 24 heavy (non-hydrogen) atoms. The number of likely N-dealkylation sites (tertiary alicyclic amines) is 1. The Bertz CT molecular complexity index is 574. The molecule has 1 aromatic heterocycles. The molecule has 6 nitrogen and oxygen atoms in total. The summed E-state index contributed by atoms with van der Waals surface area (Å²) in [6.45, 7) is 2.08. The van der Waals surface area contributed by atoms with Crippen LogP contribution in [0.2, 0.25) is 0 Å². The standard InChI is InChI=1S/C17H23N3O3S/c21-16(13-2-7-24-8-3-13)20-11-17(12-20)9-14(1-6-22-17)23-15-10-18-4-5-19-15/h4-5,10,13-14H,1-3,6-9,11-12H2/t14-/m1/s1. The predicted molar refractivity (Wildman–Crippen MR) is 91.0 cm³/mol. The number of carbonyl (C=O) groups is 1. The Morgan fingerprint density at radius 1 is 1.29 bits per heavy atom. The quantitative estimate of drug-likeness (QED) is 0.828. The maximum atomic E-state index is 12.6. The van der Waals surface area contributed by atoms with Crippen LogP contribution < -0.4 is 4.74 Å². The Labute approximate surface area is 146 Å². The van der Waals surface area contributed by atoms with Gasteiger partial charge in [-0.2, -0.15) is 11.8 Å². The molecule has 7 heteroatoms. The van der Waals surface area contributed by atoms with Crippen molar-refractivity contribution < 1.29 is 14.3 Å². The summed E-state index contributed by atoms with van der Waals surface area (Å²) in [5.74, 6) is 3.33. The second-order valence-electron chi connectivity index (χ2n) is 6.89. The van der Waals surface area contributed by atoms with Gasteiger partial charge in [0.15, 0.2) is 0 Å².